The lowest BCUT2D eigenvalue weighted by molar-refractivity contribution is -0.144. The third-order valence-electron chi connectivity index (χ3n) is 6.93. The molecule has 2 aliphatic heterocycles. The second-order valence-corrected chi connectivity index (χ2v) is 9.85. The van der Waals surface area contributed by atoms with Crippen molar-refractivity contribution in [1.29, 1.82) is 0 Å². The number of thioether (sulfide) groups is 1. The first-order valence-electron chi connectivity index (χ1n) is 10.6. The van der Waals surface area contributed by atoms with Gasteiger partial charge in [0.15, 0.2) is 0 Å². The number of carbonyl (C=O) groups excluding carboxylic acids is 2. The SMILES string of the molecule is O=C(Nc1ccc(OC2CSC2)cc1)C1(C2(C(=O)N3CCCCC3)CC2)CC1. The Kier molecular flexibility index (Phi) is 4.57. The third kappa shape index (κ3) is 3.10. The number of anilines is 1. The highest BCUT2D eigenvalue weighted by Gasteiger charge is 2.73. The van der Waals surface area contributed by atoms with Crippen LogP contribution in [0.1, 0.15) is 44.9 Å². The lowest BCUT2D eigenvalue weighted by Crippen LogP contribution is -2.47. The van der Waals surface area contributed by atoms with Gasteiger partial charge in [0.25, 0.3) is 0 Å². The van der Waals surface area contributed by atoms with Crippen molar-refractivity contribution in [3.05, 3.63) is 24.3 Å². The minimum Gasteiger partial charge on any atom is -0.489 e. The molecule has 0 spiro atoms. The number of carbonyl (C=O) groups is 2. The van der Waals surface area contributed by atoms with Gasteiger partial charge in [0.1, 0.15) is 11.9 Å². The summed E-state index contributed by atoms with van der Waals surface area (Å²) in [5.74, 6) is 3.21. The lowest BCUT2D eigenvalue weighted by atomic mass is 9.82. The number of rotatable bonds is 6. The zero-order valence-corrected chi connectivity index (χ0v) is 17.1. The Morgan fingerprint density at radius 2 is 1.61 bits per heavy atom. The minimum atomic E-state index is -0.486. The van der Waals surface area contributed by atoms with Gasteiger partial charge in [-0.1, -0.05) is 0 Å². The summed E-state index contributed by atoms with van der Waals surface area (Å²) < 4.78 is 5.87. The number of piperidine rings is 1. The molecule has 0 bridgehead atoms. The Balaban J connectivity index is 1.25. The van der Waals surface area contributed by atoms with Crippen LogP contribution in [0.5, 0.6) is 5.75 Å². The largest absolute Gasteiger partial charge is 0.489 e. The van der Waals surface area contributed by atoms with E-state index in [1.807, 2.05) is 40.9 Å². The van der Waals surface area contributed by atoms with Crippen LogP contribution in [0.2, 0.25) is 0 Å². The summed E-state index contributed by atoms with van der Waals surface area (Å²) in [6, 6.07) is 7.65. The smallest absolute Gasteiger partial charge is 0.231 e. The van der Waals surface area contributed by atoms with Crippen LogP contribution in [0.3, 0.4) is 0 Å². The normalized spacial score (nSPS) is 24.8. The third-order valence-corrected chi connectivity index (χ3v) is 8.14. The van der Waals surface area contributed by atoms with Crippen LogP contribution in [0.15, 0.2) is 24.3 Å². The molecule has 0 aromatic heterocycles. The van der Waals surface area contributed by atoms with E-state index in [1.54, 1.807) is 0 Å². The van der Waals surface area contributed by atoms with Gasteiger partial charge in [0.05, 0.1) is 10.8 Å². The first-order valence-corrected chi connectivity index (χ1v) is 11.7. The Labute approximate surface area is 170 Å². The van der Waals surface area contributed by atoms with Crippen molar-refractivity contribution in [3.8, 4) is 5.75 Å². The van der Waals surface area contributed by atoms with E-state index in [0.29, 0.717) is 6.10 Å². The van der Waals surface area contributed by atoms with E-state index in [2.05, 4.69) is 5.32 Å². The van der Waals surface area contributed by atoms with Crippen molar-refractivity contribution in [2.75, 3.05) is 29.9 Å². The maximum absolute atomic E-state index is 13.2. The van der Waals surface area contributed by atoms with Gasteiger partial charge < -0.3 is 15.0 Å². The summed E-state index contributed by atoms with van der Waals surface area (Å²) in [5.41, 5.74) is -0.132. The van der Waals surface area contributed by atoms with Crippen LogP contribution in [-0.2, 0) is 9.59 Å². The molecule has 150 valence electrons. The standard InChI is InChI=1S/C22H28N2O3S/c25-19(23-16-4-6-17(7-5-16)27-18-14-28-15-18)21(8-9-21)22(10-11-22)20(26)24-12-2-1-3-13-24/h4-7,18H,1-3,8-15H2,(H,23,25). The van der Waals surface area contributed by atoms with Crippen LogP contribution in [0.25, 0.3) is 0 Å². The summed E-state index contributed by atoms with van der Waals surface area (Å²) in [4.78, 5) is 28.4. The van der Waals surface area contributed by atoms with Crippen molar-refractivity contribution >= 4 is 29.3 Å². The molecule has 0 unspecified atom stereocenters. The van der Waals surface area contributed by atoms with Crippen molar-refractivity contribution in [3.63, 3.8) is 0 Å². The van der Waals surface area contributed by atoms with E-state index in [9.17, 15) is 9.59 Å². The van der Waals surface area contributed by atoms with Crippen molar-refractivity contribution in [2.24, 2.45) is 10.8 Å². The first kappa shape index (κ1) is 18.3. The molecule has 2 saturated heterocycles. The summed E-state index contributed by atoms with van der Waals surface area (Å²) >= 11 is 1.89. The van der Waals surface area contributed by atoms with Gasteiger partial charge in [-0.15, -0.1) is 0 Å². The summed E-state index contributed by atoms with van der Waals surface area (Å²) in [6.07, 6.45) is 7.10. The maximum atomic E-state index is 13.2. The molecule has 0 radical (unpaired) electrons. The van der Waals surface area contributed by atoms with Crippen LogP contribution < -0.4 is 10.1 Å². The zero-order chi connectivity index (χ0) is 19.2. The van der Waals surface area contributed by atoms with Gasteiger partial charge in [0.2, 0.25) is 11.8 Å². The Bertz CT molecular complexity index is 760. The first-order chi connectivity index (χ1) is 13.6. The molecule has 2 saturated carbocycles. The lowest BCUT2D eigenvalue weighted by Gasteiger charge is -2.34. The minimum absolute atomic E-state index is 0.0272. The fourth-order valence-corrected chi connectivity index (χ4v) is 5.38. The van der Waals surface area contributed by atoms with Crippen LogP contribution in [0, 0.1) is 10.8 Å². The highest BCUT2D eigenvalue weighted by atomic mass is 32.2. The van der Waals surface area contributed by atoms with Crippen LogP contribution in [0.4, 0.5) is 5.69 Å². The molecule has 6 heteroatoms. The molecule has 5 nitrogen and oxygen atoms in total. The molecule has 2 amide bonds. The van der Waals surface area contributed by atoms with E-state index < -0.39 is 10.8 Å². The van der Waals surface area contributed by atoms with E-state index in [4.69, 9.17) is 4.74 Å². The topological polar surface area (TPSA) is 58.6 Å². The molecule has 1 aromatic carbocycles. The highest BCUT2D eigenvalue weighted by Crippen LogP contribution is 2.71. The monoisotopic (exact) mass is 400 g/mol. The molecule has 1 N–H and O–H groups in total. The van der Waals surface area contributed by atoms with Gasteiger partial charge in [-0.05, 0) is 69.2 Å². The molecular formula is C22H28N2O3S. The second-order valence-electron chi connectivity index (χ2n) is 8.77. The quantitative estimate of drug-likeness (QED) is 0.791. The molecule has 0 atom stereocenters. The number of nitrogens with one attached hydrogen (secondary N) is 1. The van der Waals surface area contributed by atoms with Gasteiger partial charge in [-0.2, -0.15) is 11.8 Å². The molecule has 2 heterocycles. The van der Waals surface area contributed by atoms with E-state index in [1.165, 1.54) is 6.42 Å². The van der Waals surface area contributed by atoms with E-state index >= 15 is 0 Å². The second kappa shape index (κ2) is 6.97. The Hall–Kier alpha value is -1.69. The van der Waals surface area contributed by atoms with E-state index in [-0.39, 0.29) is 11.8 Å². The summed E-state index contributed by atoms with van der Waals surface area (Å²) in [5, 5.41) is 3.09. The number of likely N-dealkylation sites (tertiary alicyclic amines) is 1. The number of hydrogen-bond acceptors (Lipinski definition) is 4. The van der Waals surface area contributed by atoms with Gasteiger partial charge in [-0.25, -0.2) is 0 Å². The molecule has 4 fully saturated rings. The van der Waals surface area contributed by atoms with E-state index in [0.717, 1.165) is 74.6 Å². The number of ether oxygens (including phenoxy) is 1. The molecule has 1 aromatic rings. The number of benzene rings is 1. The highest BCUT2D eigenvalue weighted by molar-refractivity contribution is 8.00. The fourth-order valence-electron chi connectivity index (χ4n) is 4.81. The Morgan fingerprint density at radius 1 is 0.964 bits per heavy atom. The predicted octanol–water partition coefficient (Wildman–Crippen LogP) is 3.69. The van der Waals surface area contributed by atoms with Gasteiger partial charge in [0, 0.05) is 30.3 Å². The van der Waals surface area contributed by atoms with Crippen LogP contribution in [-0.4, -0.2) is 47.4 Å². The molecule has 2 aliphatic carbocycles. The van der Waals surface area contributed by atoms with Crippen LogP contribution >= 0.6 is 11.8 Å². The zero-order valence-electron chi connectivity index (χ0n) is 16.2. The Morgan fingerprint density at radius 3 is 2.14 bits per heavy atom. The molecule has 5 rings (SSSR count). The molecule has 28 heavy (non-hydrogen) atoms. The predicted molar refractivity (Wildman–Crippen MR) is 111 cm³/mol. The summed E-state index contributed by atoms with van der Waals surface area (Å²) in [6.45, 7) is 1.72. The fraction of sp³-hybridized carbons (Fsp3) is 0.636. The van der Waals surface area contributed by atoms with Crippen molar-refractivity contribution in [2.45, 2.75) is 51.0 Å². The maximum Gasteiger partial charge on any atom is 0.231 e. The van der Waals surface area contributed by atoms with Gasteiger partial charge >= 0.3 is 0 Å². The summed E-state index contributed by atoms with van der Waals surface area (Å²) in [7, 11) is 0. The number of amides is 2. The van der Waals surface area contributed by atoms with Gasteiger partial charge in [-0.3, -0.25) is 9.59 Å². The van der Waals surface area contributed by atoms with Crippen molar-refractivity contribution < 1.29 is 14.3 Å². The number of nitrogens with zero attached hydrogens (tertiary/aromatic N) is 1. The number of hydrogen-bond donors (Lipinski definition) is 1. The molecule has 4 aliphatic rings. The average molecular weight is 401 g/mol. The molecular weight excluding hydrogens is 372 g/mol. The van der Waals surface area contributed by atoms with Crippen molar-refractivity contribution in [1.82, 2.24) is 4.90 Å². The average Bonchev–Trinajstić information content (AvgIpc) is 3.59.